The van der Waals surface area contributed by atoms with Crippen LogP contribution in [0.2, 0.25) is 0 Å². The molecule has 1 atom stereocenters. The molecule has 0 saturated heterocycles. The lowest BCUT2D eigenvalue weighted by Crippen LogP contribution is -2.35. The molecule has 0 radical (unpaired) electrons. The zero-order valence-corrected chi connectivity index (χ0v) is 14.3. The van der Waals surface area contributed by atoms with E-state index in [1.807, 2.05) is 48.0 Å². The number of fused-ring (bicyclic) bond motifs is 1. The predicted molar refractivity (Wildman–Crippen MR) is 94.4 cm³/mol. The van der Waals surface area contributed by atoms with Crippen LogP contribution in [0.3, 0.4) is 0 Å². The first kappa shape index (κ1) is 16.2. The van der Waals surface area contributed by atoms with E-state index in [0.29, 0.717) is 4.88 Å². The number of rotatable bonds is 5. The number of thiophene rings is 1. The molecule has 0 bridgehead atoms. The van der Waals surface area contributed by atoms with Crippen molar-refractivity contribution in [3.63, 3.8) is 0 Å². The maximum atomic E-state index is 12.4. The molecule has 2 amide bonds. The zero-order chi connectivity index (χ0) is 17.3. The van der Waals surface area contributed by atoms with Crippen molar-refractivity contribution in [1.82, 2.24) is 15.1 Å². The van der Waals surface area contributed by atoms with Gasteiger partial charge in [0.15, 0.2) is 0 Å². The molecule has 0 fully saturated rings. The molecule has 0 spiro atoms. The molecule has 7 heteroatoms. The van der Waals surface area contributed by atoms with Crippen molar-refractivity contribution in [2.75, 3.05) is 0 Å². The molecule has 3 aromatic rings. The molecule has 0 unspecified atom stereocenters. The number of hydrogen-bond donors (Lipinski definition) is 2. The largest absolute Gasteiger partial charge is 0.370 e. The fourth-order valence-corrected chi connectivity index (χ4v) is 3.64. The number of nitrogens with two attached hydrogens (primary N) is 1. The predicted octanol–water partition coefficient (Wildman–Crippen LogP) is 2.39. The lowest BCUT2D eigenvalue weighted by atomic mass is 10.2. The maximum absolute atomic E-state index is 12.4. The number of amides is 2. The molecule has 0 aliphatic heterocycles. The number of hydrogen-bond acceptors (Lipinski definition) is 4. The smallest absolute Gasteiger partial charge is 0.261 e. The molecule has 24 heavy (non-hydrogen) atoms. The van der Waals surface area contributed by atoms with Gasteiger partial charge in [-0.2, -0.15) is 5.10 Å². The highest BCUT2D eigenvalue weighted by Gasteiger charge is 2.18. The van der Waals surface area contributed by atoms with Crippen LogP contribution < -0.4 is 11.1 Å². The van der Waals surface area contributed by atoms with Crippen LogP contribution in [0, 0.1) is 6.92 Å². The average Bonchev–Trinajstić information content (AvgIpc) is 3.08. The van der Waals surface area contributed by atoms with Crippen molar-refractivity contribution in [3.8, 4) is 5.69 Å². The molecule has 1 aromatic carbocycles. The second kappa shape index (κ2) is 6.45. The van der Waals surface area contributed by atoms with Crippen LogP contribution in [-0.2, 0) is 4.79 Å². The van der Waals surface area contributed by atoms with Crippen molar-refractivity contribution in [2.24, 2.45) is 5.73 Å². The summed E-state index contributed by atoms with van der Waals surface area (Å²) in [5.74, 6) is -0.640. The Morgan fingerprint density at radius 1 is 1.33 bits per heavy atom. The Kier molecular flexibility index (Phi) is 4.35. The maximum Gasteiger partial charge on any atom is 0.261 e. The van der Waals surface area contributed by atoms with Gasteiger partial charge in [0.2, 0.25) is 5.91 Å². The number of primary amides is 1. The van der Waals surface area contributed by atoms with Crippen LogP contribution in [0.15, 0.2) is 36.4 Å². The summed E-state index contributed by atoms with van der Waals surface area (Å²) in [6.07, 6.45) is 0.119. The number of aryl methyl sites for hydroxylation is 1. The normalized spacial score (nSPS) is 12.2. The van der Waals surface area contributed by atoms with Crippen molar-refractivity contribution < 1.29 is 9.59 Å². The summed E-state index contributed by atoms with van der Waals surface area (Å²) < 4.78 is 1.85. The molecule has 3 N–H and O–H groups in total. The second-order valence-corrected chi connectivity index (χ2v) is 6.74. The number of nitrogens with zero attached hydrogens (tertiary/aromatic N) is 2. The second-order valence-electron chi connectivity index (χ2n) is 5.71. The number of carbonyl (C=O) groups excluding carboxylic acids is 2. The van der Waals surface area contributed by atoms with Crippen molar-refractivity contribution in [3.05, 3.63) is 47.0 Å². The monoisotopic (exact) mass is 342 g/mol. The van der Waals surface area contributed by atoms with Gasteiger partial charge in [-0.25, -0.2) is 4.68 Å². The number of benzene rings is 1. The summed E-state index contributed by atoms with van der Waals surface area (Å²) in [6.45, 7) is 3.68. The summed E-state index contributed by atoms with van der Waals surface area (Å²) in [5.41, 5.74) is 6.98. The number of carbonyl (C=O) groups is 2. The number of nitrogens with one attached hydrogen (secondary N) is 1. The lowest BCUT2D eigenvalue weighted by molar-refractivity contribution is -0.118. The summed E-state index contributed by atoms with van der Waals surface area (Å²) in [7, 11) is 0. The zero-order valence-electron chi connectivity index (χ0n) is 13.4. The van der Waals surface area contributed by atoms with E-state index in [4.69, 9.17) is 5.73 Å². The van der Waals surface area contributed by atoms with Gasteiger partial charge in [0.05, 0.1) is 16.3 Å². The molecule has 0 saturated carbocycles. The quantitative estimate of drug-likeness (QED) is 0.746. The van der Waals surface area contributed by atoms with Gasteiger partial charge in [0.25, 0.3) is 5.91 Å². The Morgan fingerprint density at radius 2 is 2.04 bits per heavy atom. The van der Waals surface area contributed by atoms with Crippen LogP contribution in [0.25, 0.3) is 15.9 Å². The van der Waals surface area contributed by atoms with Crippen LogP contribution in [0.4, 0.5) is 0 Å². The summed E-state index contributed by atoms with van der Waals surface area (Å²) >= 11 is 1.38. The van der Waals surface area contributed by atoms with Gasteiger partial charge in [-0.3, -0.25) is 9.59 Å². The van der Waals surface area contributed by atoms with Gasteiger partial charge >= 0.3 is 0 Å². The fraction of sp³-hybridized carbons (Fsp3) is 0.235. The highest BCUT2D eigenvalue weighted by atomic mass is 32.1. The molecule has 124 valence electrons. The highest BCUT2D eigenvalue weighted by Crippen LogP contribution is 2.30. The topological polar surface area (TPSA) is 90.0 Å². The first-order valence-electron chi connectivity index (χ1n) is 7.59. The number of para-hydroxylation sites is 1. The van der Waals surface area contributed by atoms with E-state index < -0.39 is 5.91 Å². The van der Waals surface area contributed by atoms with E-state index in [9.17, 15) is 9.59 Å². The lowest BCUT2D eigenvalue weighted by Gasteiger charge is -2.10. The van der Waals surface area contributed by atoms with Crippen LogP contribution in [0.1, 0.15) is 28.7 Å². The minimum absolute atomic E-state index is 0.119. The molecule has 0 aliphatic carbocycles. The van der Waals surface area contributed by atoms with Crippen molar-refractivity contribution >= 4 is 33.4 Å². The molecule has 0 aliphatic rings. The molecule has 2 heterocycles. The van der Waals surface area contributed by atoms with Crippen LogP contribution in [0.5, 0.6) is 0 Å². The summed E-state index contributed by atoms with van der Waals surface area (Å²) in [6, 6.07) is 11.3. The third kappa shape index (κ3) is 3.16. The Labute approximate surface area is 143 Å². The average molecular weight is 342 g/mol. The van der Waals surface area contributed by atoms with Crippen molar-refractivity contribution in [1.29, 1.82) is 0 Å². The first-order chi connectivity index (χ1) is 11.5. The molecule has 3 rings (SSSR count). The Bertz CT molecular complexity index is 898. The molecule has 6 nitrogen and oxygen atoms in total. The van der Waals surface area contributed by atoms with Gasteiger partial charge in [0.1, 0.15) is 4.83 Å². The minimum atomic E-state index is -0.435. The Hall–Kier alpha value is -2.67. The third-order valence-electron chi connectivity index (χ3n) is 3.65. The van der Waals surface area contributed by atoms with Crippen LogP contribution >= 0.6 is 11.3 Å². The fourth-order valence-electron chi connectivity index (χ4n) is 2.55. The van der Waals surface area contributed by atoms with Crippen LogP contribution in [-0.4, -0.2) is 27.6 Å². The van der Waals surface area contributed by atoms with E-state index >= 15 is 0 Å². The van der Waals surface area contributed by atoms with E-state index in [-0.39, 0.29) is 18.4 Å². The summed E-state index contributed by atoms with van der Waals surface area (Å²) in [5, 5.41) is 8.31. The first-order valence-corrected chi connectivity index (χ1v) is 8.41. The van der Waals surface area contributed by atoms with Gasteiger partial charge in [-0.15, -0.1) is 11.3 Å². The van der Waals surface area contributed by atoms with E-state index in [1.165, 1.54) is 11.3 Å². The number of aromatic nitrogens is 2. The minimum Gasteiger partial charge on any atom is -0.370 e. The SMILES string of the molecule is Cc1nn(-c2ccccc2)c2sc(C(=O)N[C@H](C)CC(N)=O)cc12. The summed E-state index contributed by atoms with van der Waals surface area (Å²) in [4.78, 5) is 24.8. The van der Waals surface area contributed by atoms with E-state index in [2.05, 4.69) is 10.4 Å². The molecule has 2 aromatic heterocycles. The standard InChI is InChI=1S/C17H18N4O2S/c1-10(8-15(18)22)19-16(23)14-9-13-11(2)20-21(17(13)24-14)12-6-4-3-5-7-12/h3-7,9-10H,8H2,1-2H3,(H2,18,22)(H,19,23)/t10-/m1/s1. The van der Waals surface area contributed by atoms with Crippen molar-refractivity contribution in [2.45, 2.75) is 26.3 Å². The van der Waals surface area contributed by atoms with E-state index in [1.54, 1.807) is 6.92 Å². The van der Waals surface area contributed by atoms with Gasteiger partial charge in [0, 0.05) is 17.8 Å². The van der Waals surface area contributed by atoms with Gasteiger partial charge in [-0.1, -0.05) is 18.2 Å². The van der Waals surface area contributed by atoms with Gasteiger partial charge < -0.3 is 11.1 Å². The molecular formula is C17H18N4O2S. The van der Waals surface area contributed by atoms with E-state index in [0.717, 1.165) is 21.6 Å². The Balaban J connectivity index is 1.92. The van der Waals surface area contributed by atoms with Gasteiger partial charge in [-0.05, 0) is 32.0 Å². The highest BCUT2D eigenvalue weighted by molar-refractivity contribution is 7.20. The molecular weight excluding hydrogens is 324 g/mol. The third-order valence-corrected chi connectivity index (χ3v) is 4.76. The Morgan fingerprint density at radius 3 is 2.71 bits per heavy atom.